The molecule has 1 aromatic rings. The van der Waals surface area contributed by atoms with Gasteiger partial charge in [-0.05, 0) is 44.7 Å². The van der Waals surface area contributed by atoms with E-state index < -0.39 is 5.54 Å². The third-order valence-electron chi connectivity index (χ3n) is 7.44. The first kappa shape index (κ1) is 19.0. The van der Waals surface area contributed by atoms with Gasteiger partial charge >= 0.3 is 0 Å². The molecule has 0 radical (unpaired) electrons. The Kier molecular flexibility index (Phi) is 4.84. The van der Waals surface area contributed by atoms with Gasteiger partial charge in [-0.15, -0.1) is 0 Å². The molecule has 3 fully saturated rings. The van der Waals surface area contributed by atoms with Crippen molar-refractivity contribution < 1.29 is 14.7 Å². The number of nitrogens with one attached hydrogen (secondary N) is 2. The summed E-state index contributed by atoms with van der Waals surface area (Å²) in [4.78, 5) is 31.4. The largest absolute Gasteiger partial charge is 0.395 e. The highest BCUT2D eigenvalue weighted by molar-refractivity contribution is 6.09. The molecule has 0 aliphatic carbocycles. The third-order valence-corrected chi connectivity index (χ3v) is 7.44. The first-order valence-electron chi connectivity index (χ1n) is 11.0. The summed E-state index contributed by atoms with van der Waals surface area (Å²) in [5, 5.41) is 15.5. The number of likely N-dealkylation sites (tertiary alicyclic amines) is 1. The van der Waals surface area contributed by atoms with E-state index >= 15 is 0 Å². The predicted octanol–water partition coefficient (Wildman–Crippen LogP) is 0.891. The van der Waals surface area contributed by atoms with E-state index in [1.807, 2.05) is 24.3 Å². The Bertz CT molecular complexity index is 807. The quantitative estimate of drug-likeness (QED) is 0.702. The highest BCUT2D eigenvalue weighted by atomic mass is 16.3. The van der Waals surface area contributed by atoms with E-state index in [2.05, 4.69) is 20.4 Å². The number of amides is 2. The normalized spacial score (nSPS) is 32.4. The topological polar surface area (TPSA) is 84.9 Å². The van der Waals surface area contributed by atoms with E-state index in [1.54, 1.807) is 0 Å². The molecule has 4 heterocycles. The lowest BCUT2D eigenvalue weighted by Crippen LogP contribution is -2.56. The SMILES string of the molecule is O=C(NC1CCN(CCO)CC1)[C@H]1C[C@H]2CCCN2[C@]12C(=O)Nc1ccccc12. The third kappa shape index (κ3) is 2.90. The summed E-state index contributed by atoms with van der Waals surface area (Å²) in [6.07, 6.45) is 4.67. The average Bonchev–Trinajstić information content (AvgIpc) is 3.38. The molecule has 4 aliphatic heterocycles. The Morgan fingerprint density at radius 2 is 2.00 bits per heavy atom. The van der Waals surface area contributed by atoms with Gasteiger partial charge in [-0.3, -0.25) is 14.5 Å². The van der Waals surface area contributed by atoms with Gasteiger partial charge in [-0.25, -0.2) is 0 Å². The number of hydrogen-bond acceptors (Lipinski definition) is 5. The first-order chi connectivity index (χ1) is 14.1. The summed E-state index contributed by atoms with van der Waals surface area (Å²) in [5.74, 6) is -0.375. The number of carbonyl (C=O) groups is 2. The van der Waals surface area contributed by atoms with Crippen LogP contribution in [0.4, 0.5) is 5.69 Å². The van der Waals surface area contributed by atoms with Crippen LogP contribution in [0.5, 0.6) is 0 Å². The Labute approximate surface area is 171 Å². The zero-order chi connectivity index (χ0) is 20.0. The fraction of sp³-hybridized carbons (Fsp3) is 0.636. The Balaban J connectivity index is 1.40. The molecule has 1 spiro atoms. The maximum Gasteiger partial charge on any atom is 0.250 e. The number of aliphatic hydroxyl groups is 1. The lowest BCUT2D eigenvalue weighted by atomic mass is 9.78. The zero-order valence-electron chi connectivity index (χ0n) is 16.8. The van der Waals surface area contributed by atoms with Crippen molar-refractivity contribution in [3.8, 4) is 0 Å². The van der Waals surface area contributed by atoms with Crippen LogP contribution < -0.4 is 10.6 Å². The molecule has 3 N–H and O–H groups in total. The van der Waals surface area contributed by atoms with Crippen molar-refractivity contribution in [1.29, 1.82) is 0 Å². The van der Waals surface area contributed by atoms with Crippen LogP contribution in [0.15, 0.2) is 24.3 Å². The summed E-state index contributed by atoms with van der Waals surface area (Å²) < 4.78 is 0. The van der Waals surface area contributed by atoms with Gasteiger partial charge in [0.2, 0.25) is 11.8 Å². The smallest absolute Gasteiger partial charge is 0.250 e. The van der Waals surface area contributed by atoms with Crippen molar-refractivity contribution >= 4 is 17.5 Å². The molecule has 0 bridgehead atoms. The van der Waals surface area contributed by atoms with E-state index in [0.717, 1.165) is 63.0 Å². The maximum absolute atomic E-state index is 13.5. The molecule has 1 aromatic carbocycles. The van der Waals surface area contributed by atoms with Gasteiger partial charge < -0.3 is 20.6 Å². The molecule has 7 heteroatoms. The van der Waals surface area contributed by atoms with Crippen LogP contribution >= 0.6 is 0 Å². The fourth-order valence-electron chi connectivity index (χ4n) is 6.12. The molecule has 7 nitrogen and oxygen atoms in total. The van der Waals surface area contributed by atoms with Gasteiger partial charge in [-0.2, -0.15) is 0 Å². The van der Waals surface area contributed by atoms with Crippen LogP contribution in [0.2, 0.25) is 0 Å². The number of carbonyl (C=O) groups excluding carboxylic acids is 2. The van der Waals surface area contributed by atoms with Crippen molar-refractivity contribution in [1.82, 2.24) is 15.1 Å². The Hall–Kier alpha value is -1.96. The number of piperidine rings is 1. The molecule has 3 atom stereocenters. The number of benzene rings is 1. The highest BCUT2D eigenvalue weighted by Crippen LogP contribution is 2.55. The number of para-hydroxylation sites is 1. The van der Waals surface area contributed by atoms with Gasteiger partial charge in [0, 0.05) is 43.0 Å². The molecule has 29 heavy (non-hydrogen) atoms. The second kappa shape index (κ2) is 7.38. The highest BCUT2D eigenvalue weighted by Gasteiger charge is 2.65. The van der Waals surface area contributed by atoms with Gasteiger partial charge in [0.05, 0.1) is 12.5 Å². The predicted molar refractivity (Wildman–Crippen MR) is 109 cm³/mol. The summed E-state index contributed by atoms with van der Waals surface area (Å²) in [6, 6.07) is 8.30. The van der Waals surface area contributed by atoms with Gasteiger partial charge in [0.15, 0.2) is 0 Å². The second-order valence-electron chi connectivity index (χ2n) is 8.89. The number of hydrogen-bond donors (Lipinski definition) is 3. The Morgan fingerprint density at radius 1 is 1.21 bits per heavy atom. The van der Waals surface area contributed by atoms with E-state index in [4.69, 9.17) is 5.11 Å². The lowest BCUT2D eigenvalue weighted by molar-refractivity contribution is -0.138. The lowest BCUT2D eigenvalue weighted by Gasteiger charge is -2.38. The zero-order valence-corrected chi connectivity index (χ0v) is 16.8. The number of fused-ring (bicyclic) bond motifs is 4. The van der Waals surface area contributed by atoms with Crippen LogP contribution in [-0.4, -0.2) is 71.6 Å². The molecule has 3 saturated heterocycles. The minimum Gasteiger partial charge on any atom is -0.395 e. The molecule has 2 amide bonds. The van der Waals surface area contributed by atoms with Gasteiger partial charge in [0.1, 0.15) is 5.54 Å². The van der Waals surface area contributed by atoms with Crippen LogP contribution in [0.1, 0.15) is 37.7 Å². The van der Waals surface area contributed by atoms with E-state index in [9.17, 15) is 9.59 Å². The van der Waals surface area contributed by atoms with Crippen molar-refractivity contribution in [3.05, 3.63) is 29.8 Å². The first-order valence-corrected chi connectivity index (χ1v) is 11.0. The van der Waals surface area contributed by atoms with Crippen LogP contribution in [0.3, 0.4) is 0 Å². The number of nitrogens with zero attached hydrogens (tertiary/aromatic N) is 2. The summed E-state index contributed by atoms with van der Waals surface area (Å²) in [5.41, 5.74) is 0.951. The van der Waals surface area contributed by atoms with Gasteiger partial charge in [-0.1, -0.05) is 18.2 Å². The number of anilines is 1. The molecule has 156 valence electrons. The molecule has 4 aliphatic rings. The molecular weight excluding hydrogens is 368 g/mol. The number of β-amino-alcohol motifs (C(OH)–C–C–N with tert-alkyl or cyclic N) is 1. The van der Waals surface area contributed by atoms with Crippen LogP contribution in [0.25, 0.3) is 0 Å². The molecule has 0 unspecified atom stereocenters. The standard InChI is InChI=1S/C22H30N4O3/c27-13-12-25-10-7-15(8-11-25)23-20(28)18-14-16-4-3-9-26(16)22(18)17-5-1-2-6-19(17)24-21(22)29/h1-2,5-6,15-16,18,27H,3-4,7-14H2,(H,23,28)(H,24,29)/t16-,18-,22+/m1/s1. The summed E-state index contributed by atoms with van der Waals surface area (Å²) in [6.45, 7) is 3.52. The van der Waals surface area contributed by atoms with Crippen molar-refractivity contribution in [2.24, 2.45) is 5.92 Å². The molecule has 5 rings (SSSR count). The van der Waals surface area contributed by atoms with Crippen molar-refractivity contribution in [2.75, 3.05) is 38.1 Å². The molecule has 0 aromatic heterocycles. The van der Waals surface area contributed by atoms with E-state index in [1.165, 1.54) is 0 Å². The van der Waals surface area contributed by atoms with Crippen molar-refractivity contribution in [2.45, 2.75) is 49.7 Å². The molecular formula is C22H30N4O3. The minimum absolute atomic E-state index is 0.0202. The van der Waals surface area contributed by atoms with Gasteiger partial charge in [0.25, 0.3) is 0 Å². The second-order valence-corrected chi connectivity index (χ2v) is 8.89. The Morgan fingerprint density at radius 3 is 2.79 bits per heavy atom. The average molecular weight is 399 g/mol. The summed E-state index contributed by atoms with van der Waals surface area (Å²) in [7, 11) is 0. The monoisotopic (exact) mass is 398 g/mol. The van der Waals surface area contributed by atoms with Crippen LogP contribution in [0, 0.1) is 5.92 Å². The fourth-order valence-corrected chi connectivity index (χ4v) is 6.12. The molecule has 0 saturated carbocycles. The summed E-state index contributed by atoms with van der Waals surface area (Å²) >= 11 is 0. The number of aliphatic hydroxyl groups excluding tert-OH is 1. The van der Waals surface area contributed by atoms with E-state index in [-0.39, 0.29) is 30.4 Å². The van der Waals surface area contributed by atoms with Crippen LogP contribution in [-0.2, 0) is 15.1 Å². The minimum atomic E-state index is -0.862. The van der Waals surface area contributed by atoms with Crippen molar-refractivity contribution in [3.63, 3.8) is 0 Å². The maximum atomic E-state index is 13.5. The number of rotatable bonds is 4. The van der Waals surface area contributed by atoms with E-state index in [0.29, 0.717) is 12.6 Å².